The molecule has 2 aliphatic heterocycles. The van der Waals surface area contributed by atoms with Gasteiger partial charge in [-0.05, 0) is 13.8 Å². The number of hydrogen-bond acceptors (Lipinski definition) is 4. The fourth-order valence-electron chi connectivity index (χ4n) is 2.23. The molecule has 4 nitrogen and oxygen atoms in total. The highest BCUT2D eigenvalue weighted by molar-refractivity contribution is 5.13. The second-order valence-corrected chi connectivity index (χ2v) is 3.82. The van der Waals surface area contributed by atoms with E-state index in [1.54, 1.807) is 14.0 Å². The molecule has 2 rings (SSSR count). The molecule has 0 saturated carbocycles. The van der Waals surface area contributed by atoms with Gasteiger partial charge < -0.3 is 19.3 Å². The van der Waals surface area contributed by atoms with Crippen molar-refractivity contribution in [3.05, 3.63) is 0 Å². The summed E-state index contributed by atoms with van der Waals surface area (Å²) in [5, 5.41) is 9.56. The van der Waals surface area contributed by atoms with Crippen LogP contribution in [0.1, 0.15) is 20.3 Å². The van der Waals surface area contributed by atoms with E-state index in [1.807, 2.05) is 6.92 Å². The summed E-state index contributed by atoms with van der Waals surface area (Å²) in [5.41, 5.74) is -0.463. The molecule has 5 atom stereocenters. The predicted molar refractivity (Wildman–Crippen MR) is 45.2 cm³/mol. The van der Waals surface area contributed by atoms with Crippen molar-refractivity contribution in [2.75, 3.05) is 7.11 Å². The van der Waals surface area contributed by atoms with Crippen LogP contribution in [0.4, 0.5) is 0 Å². The lowest BCUT2D eigenvalue weighted by atomic mass is 9.90. The van der Waals surface area contributed by atoms with Gasteiger partial charge in [0.05, 0.1) is 18.3 Å². The summed E-state index contributed by atoms with van der Waals surface area (Å²) in [7, 11) is 1.62. The molecular weight excluding hydrogens is 172 g/mol. The Bertz CT molecular complexity index is 206. The first-order valence-corrected chi connectivity index (χ1v) is 4.65. The molecule has 2 saturated heterocycles. The summed E-state index contributed by atoms with van der Waals surface area (Å²) in [6.45, 7) is 3.66. The van der Waals surface area contributed by atoms with Gasteiger partial charge in [-0.25, -0.2) is 0 Å². The second kappa shape index (κ2) is 2.92. The summed E-state index contributed by atoms with van der Waals surface area (Å²) in [4.78, 5) is 0. The van der Waals surface area contributed by atoms with Gasteiger partial charge in [-0.3, -0.25) is 0 Å². The van der Waals surface area contributed by atoms with E-state index in [9.17, 15) is 5.11 Å². The summed E-state index contributed by atoms with van der Waals surface area (Å²) in [5.74, 6) is 0. The highest BCUT2D eigenvalue weighted by atomic mass is 16.7. The van der Waals surface area contributed by atoms with Gasteiger partial charge in [-0.1, -0.05) is 0 Å². The SMILES string of the molecule is CO[C@H]1C[C@@H]2O[C@]2([C@H](C)O)[C@H](C)O1. The first-order valence-electron chi connectivity index (χ1n) is 4.65. The number of methoxy groups -OCH3 is 1. The maximum Gasteiger partial charge on any atom is 0.160 e. The van der Waals surface area contributed by atoms with Gasteiger partial charge in [-0.2, -0.15) is 0 Å². The van der Waals surface area contributed by atoms with E-state index >= 15 is 0 Å². The molecule has 2 fully saturated rings. The van der Waals surface area contributed by atoms with Crippen molar-refractivity contribution in [3.8, 4) is 0 Å². The quantitative estimate of drug-likeness (QED) is 0.633. The van der Waals surface area contributed by atoms with Gasteiger partial charge >= 0.3 is 0 Å². The largest absolute Gasteiger partial charge is 0.390 e. The number of aliphatic hydroxyl groups is 1. The van der Waals surface area contributed by atoms with Crippen LogP contribution < -0.4 is 0 Å². The van der Waals surface area contributed by atoms with Crippen molar-refractivity contribution in [1.29, 1.82) is 0 Å². The van der Waals surface area contributed by atoms with Crippen molar-refractivity contribution >= 4 is 0 Å². The molecule has 0 radical (unpaired) electrons. The first-order chi connectivity index (χ1) is 6.11. The Balaban J connectivity index is 2.07. The third-order valence-electron chi connectivity index (χ3n) is 3.11. The van der Waals surface area contributed by atoms with Gasteiger partial charge in [0.15, 0.2) is 6.29 Å². The molecule has 0 spiro atoms. The Labute approximate surface area is 77.8 Å². The van der Waals surface area contributed by atoms with Crippen LogP contribution in [-0.2, 0) is 14.2 Å². The summed E-state index contributed by atoms with van der Waals surface area (Å²) in [6.07, 6.45) is 0.0447. The second-order valence-electron chi connectivity index (χ2n) is 3.82. The Morgan fingerprint density at radius 1 is 1.62 bits per heavy atom. The van der Waals surface area contributed by atoms with Gasteiger partial charge in [0.2, 0.25) is 0 Å². The zero-order valence-electron chi connectivity index (χ0n) is 8.19. The number of fused-ring (bicyclic) bond motifs is 1. The van der Waals surface area contributed by atoms with Crippen LogP contribution in [0.15, 0.2) is 0 Å². The molecule has 0 amide bonds. The average Bonchev–Trinajstić information content (AvgIpc) is 2.80. The van der Waals surface area contributed by atoms with Crippen LogP contribution in [0.3, 0.4) is 0 Å². The smallest absolute Gasteiger partial charge is 0.160 e. The Morgan fingerprint density at radius 2 is 2.31 bits per heavy atom. The molecule has 0 bridgehead atoms. The maximum atomic E-state index is 9.56. The van der Waals surface area contributed by atoms with E-state index in [4.69, 9.17) is 14.2 Å². The summed E-state index contributed by atoms with van der Waals surface area (Å²) >= 11 is 0. The van der Waals surface area contributed by atoms with Gasteiger partial charge in [0, 0.05) is 13.5 Å². The Hall–Kier alpha value is -0.160. The van der Waals surface area contributed by atoms with E-state index in [1.165, 1.54) is 0 Å². The fourth-order valence-corrected chi connectivity index (χ4v) is 2.23. The third kappa shape index (κ3) is 1.21. The Morgan fingerprint density at radius 3 is 2.77 bits per heavy atom. The minimum absolute atomic E-state index is 0.0983. The minimum atomic E-state index is -0.481. The molecule has 4 heteroatoms. The highest BCUT2D eigenvalue weighted by Gasteiger charge is 2.67. The lowest BCUT2D eigenvalue weighted by Crippen LogP contribution is -2.48. The average molecular weight is 188 g/mol. The lowest BCUT2D eigenvalue weighted by molar-refractivity contribution is -0.188. The van der Waals surface area contributed by atoms with Crippen LogP contribution in [0.2, 0.25) is 0 Å². The minimum Gasteiger partial charge on any atom is -0.390 e. The molecule has 1 N–H and O–H groups in total. The first kappa shape index (κ1) is 9.40. The molecule has 0 aromatic carbocycles. The Kier molecular flexibility index (Phi) is 2.11. The molecule has 2 aliphatic rings. The monoisotopic (exact) mass is 188 g/mol. The molecular formula is C9H16O4. The standard InChI is InChI=1S/C9H16O4/c1-5(10)9-6(2)12-8(11-3)4-7(9)13-9/h5-8,10H,4H2,1-3H3/t5-,6-,7-,8+,9+/m0/s1. The zero-order chi connectivity index (χ0) is 9.64. The van der Waals surface area contributed by atoms with E-state index < -0.39 is 11.7 Å². The zero-order valence-corrected chi connectivity index (χ0v) is 8.19. The van der Waals surface area contributed by atoms with Crippen molar-refractivity contribution in [3.63, 3.8) is 0 Å². The van der Waals surface area contributed by atoms with Gasteiger partial charge in [0.1, 0.15) is 5.60 Å². The van der Waals surface area contributed by atoms with Crippen molar-refractivity contribution in [1.82, 2.24) is 0 Å². The number of hydrogen-bond donors (Lipinski definition) is 1. The van der Waals surface area contributed by atoms with Crippen molar-refractivity contribution in [2.24, 2.45) is 0 Å². The molecule has 0 unspecified atom stereocenters. The number of aliphatic hydroxyl groups excluding tert-OH is 1. The third-order valence-corrected chi connectivity index (χ3v) is 3.11. The molecule has 13 heavy (non-hydrogen) atoms. The molecule has 76 valence electrons. The number of rotatable bonds is 2. The molecule has 0 aromatic rings. The van der Waals surface area contributed by atoms with E-state index in [-0.39, 0.29) is 18.5 Å². The van der Waals surface area contributed by atoms with Crippen LogP contribution >= 0.6 is 0 Å². The maximum absolute atomic E-state index is 9.56. The van der Waals surface area contributed by atoms with Crippen LogP contribution in [0, 0.1) is 0 Å². The van der Waals surface area contributed by atoms with Crippen molar-refractivity contribution < 1.29 is 19.3 Å². The van der Waals surface area contributed by atoms with E-state index in [0.717, 1.165) is 0 Å². The van der Waals surface area contributed by atoms with Gasteiger partial charge in [-0.15, -0.1) is 0 Å². The normalized spacial score (nSPS) is 51.2. The van der Waals surface area contributed by atoms with Gasteiger partial charge in [0.25, 0.3) is 0 Å². The van der Waals surface area contributed by atoms with Crippen molar-refractivity contribution in [2.45, 2.75) is 50.5 Å². The fraction of sp³-hybridized carbons (Fsp3) is 1.00. The number of epoxide rings is 1. The molecule has 0 aromatic heterocycles. The van der Waals surface area contributed by atoms with Crippen LogP contribution in [0.5, 0.6) is 0 Å². The molecule has 0 aliphatic carbocycles. The highest BCUT2D eigenvalue weighted by Crippen LogP contribution is 2.50. The van der Waals surface area contributed by atoms with E-state index in [0.29, 0.717) is 6.42 Å². The lowest BCUT2D eigenvalue weighted by Gasteiger charge is -2.31. The van der Waals surface area contributed by atoms with E-state index in [2.05, 4.69) is 0 Å². The predicted octanol–water partition coefficient (Wildman–Crippen LogP) is 0.286. The van der Waals surface area contributed by atoms with Crippen LogP contribution in [0.25, 0.3) is 0 Å². The topological polar surface area (TPSA) is 51.2 Å². The summed E-state index contributed by atoms with van der Waals surface area (Å²) < 4.78 is 16.2. The molecule has 2 heterocycles. The summed E-state index contributed by atoms with van der Waals surface area (Å²) in [6, 6.07) is 0. The number of ether oxygens (including phenoxy) is 3. The van der Waals surface area contributed by atoms with Crippen LogP contribution in [-0.4, -0.2) is 42.4 Å².